The van der Waals surface area contributed by atoms with Crippen molar-refractivity contribution >= 4 is 40.0 Å². The van der Waals surface area contributed by atoms with Crippen LogP contribution < -0.4 is 16.4 Å². The van der Waals surface area contributed by atoms with Crippen LogP contribution in [0.4, 0.5) is 10.5 Å². The van der Waals surface area contributed by atoms with Gasteiger partial charge in [0.05, 0.1) is 29.3 Å². The van der Waals surface area contributed by atoms with Gasteiger partial charge in [-0.3, -0.25) is 19.3 Å². The minimum atomic E-state index is -1.41. The van der Waals surface area contributed by atoms with Gasteiger partial charge in [-0.15, -0.1) is 0 Å². The SMILES string of the molecule is C[C@H]1C2=C(C(=O)C3=C(O)C4C(=O)CC(C(N)=O)=C(O)[C@@H](N(C)C)C4CC31)C(O)C(NC(=O)Nc1cccc3ccccc13)C=C2. The fraction of sp³-hybridized carbons (Fsp3) is 0.353. The number of carbonyl (C=O) groups is 4. The maximum Gasteiger partial charge on any atom is 0.319 e. The minimum absolute atomic E-state index is 0.0451. The van der Waals surface area contributed by atoms with Crippen molar-refractivity contribution in [3.8, 4) is 0 Å². The number of amides is 3. The monoisotopic (exact) mass is 612 g/mol. The number of fused-ring (bicyclic) bond motifs is 3. The van der Waals surface area contributed by atoms with Crippen molar-refractivity contribution in [3.05, 3.63) is 88.4 Å². The second-order valence-electron chi connectivity index (χ2n) is 12.5. The lowest BCUT2D eigenvalue weighted by Gasteiger charge is -2.46. The molecule has 0 heterocycles. The number of aliphatic hydroxyl groups excluding tert-OH is 3. The molecule has 6 rings (SSSR count). The second-order valence-corrected chi connectivity index (χ2v) is 12.5. The van der Waals surface area contributed by atoms with Gasteiger partial charge >= 0.3 is 6.03 Å². The molecule has 3 amide bonds. The molecule has 0 fully saturated rings. The predicted octanol–water partition coefficient (Wildman–Crippen LogP) is 3.04. The van der Waals surface area contributed by atoms with Crippen molar-refractivity contribution in [1.82, 2.24) is 10.2 Å². The number of carbonyl (C=O) groups excluding carboxylic acids is 4. The molecule has 7 N–H and O–H groups in total. The highest BCUT2D eigenvalue weighted by Crippen LogP contribution is 2.52. The van der Waals surface area contributed by atoms with Crippen LogP contribution in [0.1, 0.15) is 19.8 Å². The fourth-order valence-corrected chi connectivity index (χ4v) is 7.69. The molecule has 11 nitrogen and oxygen atoms in total. The number of Topliss-reactive ketones (excluding diaryl/α,β-unsaturated/α-hetero) is 2. The van der Waals surface area contributed by atoms with Gasteiger partial charge in [0, 0.05) is 23.0 Å². The van der Waals surface area contributed by atoms with Gasteiger partial charge in [0.2, 0.25) is 5.91 Å². The van der Waals surface area contributed by atoms with E-state index >= 15 is 0 Å². The van der Waals surface area contributed by atoms with Crippen molar-refractivity contribution < 1.29 is 34.5 Å². The number of ketones is 2. The average molecular weight is 613 g/mol. The third-order valence-corrected chi connectivity index (χ3v) is 9.79. The lowest BCUT2D eigenvalue weighted by Crippen LogP contribution is -2.51. The zero-order valence-corrected chi connectivity index (χ0v) is 25.2. The average Bonchev–Trinajstić information content (AvgIpc) is 3.10. The van der Waals surface area contributed by atoms with Crippen molar-refractivity contribution in [1.29, 1.82) is 0 Å². The van der Waals surface area contributed by atoms with Crippen LogP contribution in [-0.4, -0.2) is 76.0 Å². The molecule has 5 unspecified atom stereocenters. The smallest absolute Gasteiger partial charge is 0.319 e. The number of benzene rings is 2. The highest BCUT2D eigenvalue weighted by molar-refractivity contribution is 6.13. The molecule has 0 aromatic heterocycles. The zero-order valence-electron chi connectivity index (χ0n) is 25.2. The number of urea groups is 1. The molecule has 234 valence electrons. The number of allylic oxidation sites excluding steroid dienone is 4. The summed E-state index contributed by atoms with van der Waals surface area (Å²) < 4.78 is 0. The van der Waals surface area contributed by atoms with Gasteiger partial charge in [-0.2, -0.15) is 0 Å². The molecular formula is C34H36N4O7. The van der Waals surface area contributed by atoms with Gasteiger partial charge in [-0.25, -0.2) is 4.79 Å². The van der Waals surface area contributed by atoms with E-state index in [1.54, 1.807) is 37.2 Å². The molecule has 0 bridgehead atoms. The van der Waals surface area contributed by atoms with Crippen LogP contribution in [0, 0.1) is 23.7 Å². The molecule has 0 saturated heterocycles. The Morgan fingerprint density at radius 3 is 2.42 bits per heavy atom. The second kappa shape index (κ2) is 11.3. The number of hydrogen-bond donors (Lipinski definition) is 6. The molecule has 0 spiro atoms. The van der Waals surface area contributed by atoms with Gasteiger partial charge in [0.15, 0.2) is 5.78 Å². The Balaban J connectivity index is 1.29. The highest BCUT2D eigenvalue weighted by Gasteiger charge is 2.54. The summed E-state index contributed by atoms with van der Waals surface area (Å²) in [5, 5.41) is 41.5. The normalized spacial score (nSPS) is 29.8. The number of nitrogens with zero attached hydrogens (tertiary/aromatic N) is 1. The first-order valence-electron chi connectivity index (χ1n) is 14.9. The fourth-order valence-electron chi connectivity index (χ4n) is 7.69. The Labute approximate surface area is 259 Å². The van der Waals surface area contributed by atoms with E-state index in [4.69, 9.17) is 5.73 Å². The lowest BCUT2D eigenvalue weighted by atomic mass is 9.59. The lowest BCUT2D eigenvalue weighted by molar-refractivity contribution is -0.126. The Bertz CT molecular complexity index is 1770. The van der Waals surface area contributed by atoms with E-state index in [9.17, 15) is 34.5 Å². The van der Waals surface area contributed by atoms with E-state index in [0.29, 0.717) is 11.3 Å². The van der Waals surface area contributed by atoms with Crippen molar-refractivity contribution in [3.63, 3.8) is 0 Å². The standard InChI is InChI=1S/C34H36N4O7/c1-15-17-11-12-23(37-34(45)36-22-10-6-8-16-7-4-5-9-18(16)22)30(41)26(17)32(43)27-19(15)13-20-25(31(27)42)24(39)14-21(33(35)44)29(40)28(20)38(2)3/h4-12,15,19-20,23,25,28,30,40-42H,13-14H2,1-3H3,(H2,35,44)(H2,36,37,45)/t15-,19?,20?,23?,25?,28-,30?/m0/s1. The van der Waals surface area contributed by atoms with E-state index in [0.717, 1.165) is 10.8 Å². The molecule has 0 aliphatic heterocycles. The first kappa shape index (κ1) is 30.3. The summed E-state index contributed by atoms with van der Waals surface area (Å²) in [6.07, 6.45) is 1.73. The number of primary amides is 1. The summed E-state index contributed by atoms with van der Waals surface area (Å²) in [6, 6.07) is 10.8. The van der Waals surface area contributed by atoms with Crippen LogP contribution in [-0.2, 0) is 14.4 Å². The maximum atomic E-state index is 14.1. The molecule has 0 radical (unpaired) electrons. The zero-order chi connectivity index (χ0) is 32.3. The van der Waals surface area contributed by atoms with Gasteiger partial charge in [0.25, 0.3) is 0 Å². The van der Waals surface area contributed by atoms with E-state index in [-0.39, 0.29) is 34.8 Å². The maximum absolute atomic E-state index is 14.1. The Kier molecular flexibility index (Phi) is 7.62. The number of hydrogen-bond acceptors (Lipinski definition) is 8. The summed E-state index contributed by atoms with van der Waals surface area (Å²) in [7, 11) is 3.39. The molecule has 4 aliphatic carbocycles. The summed E-state index contributed by atoms with van der Waals surface area (Å²) in [6.45, 7) is 1.88. The third-order valence-electron chi connectivity index (χ3n) is 9.79. The summed E-state index contributed by atoms with van der Waals surface area (Å²) in [5.74, 6) is -5.42. The van der Waals surface area contributed by atoms with Crippen molar-refractivity contribution in [2.24, 2.45) is 29.4 Å². The first-order chi connectivity index (χ1) is 21.4. The van der Waals surface area contributed by atoms with E-state index in [2.05, 4.69) is 10.6 Å². The first-order valence-corrected chi connectivity index (χ1v) is 14.9. The van der Waals surface area contributed by atoms with Gasteiger partial charge in [0.1, 0.15) is 23.4 Å². The molecule has 0 saturated carbocycles. The Morgan fingerprint density at radius 1 is 1.00 bits per heavy atom. The number of likely N-dealkylation sites (N-methyl/N-ethyl adjacent to an activating group) is 1. The third kappa shape index (κ3) is 4.92. The van der Waals surface area contributed by atoms with Crippen molar-refractivity contribution in [2.45, 2.75) is 38.0 Å². The number of nitrogens with one attached hydrogen (secondary N) is 2. The van der Waals surface area contributed by atoms with Crippen LogP contribution >= 0.6 is 0 Å². The van der Waals surface area contributed by atoms with Crippen molar-refractivity contribution in [2.75, 3.05) is 19.4 Å². The molecular weight excluding hydrogens is 576 g/mol. The Hall–Kier alpha value is -4.74. The number of nitrogens with two attached hydrogens (primary N) is 1. The summed E-state index contributed by atoms with van der Waals surface area (Å²) in [4.78, 5) is 54.5. The van der Waals surface area contributed by atoms with Gasteiger partial charge in [-0.1, -0.05) is 55.5 Å². The molecule has 4 aliphatic rings. The topological polar surface area (TPSA) is 182 Å². The molecule has 2 aromatic rings. The Morgan fingerprint density at radius 2 is 1.71 bits per heavy atom. The number of aliphatic hydroxyl groups is 3. The quantitative estimate of drug-likeness (QED) is 0.305. The number of anilines is 1. The van der Waals surface area contributed by atoms with Crippen LogP contribution in [0.3, 0.4) is 0 Å². The molecule has 2 aromatic carbocycles. The van der Waals surface area contributed by atoms with Gasteiger partial charge in [-0.05, 0) is 55.3 Å². The molecule has 11 heteroatoms. The van der Waals surface area contributed by atoms with Gasteiger partial charge < -0.3 is 31.7 Å². The van der Waals surface area contributed by atoms with Crippen LogP contribution in [0.15, 0.2) is 88.4 Å². The van der Waals surface area contributed by atoms with Crippen LogP contribution in [0.25, 0.3) is 10.8 Å². The van der Waals surface area contributed by atoms with Crippen LogP contribution in [0.5, 0.6) is 0 Å². The molecule has 45 heavy (non-hydrogen) atoms. The summed E-state index contributed by atoms with van der Waals surface area (Å²) in [5.41, 5.74) is 6.57. The van der Waals surface area contributed by atoms with E-state index in [1.807, 2.05) is 43.3 Å². The molecule has 7 atom stereocenters. The predicted molar refractivity (Wildman–Crippen MR) is 167 cm³/mol. The van der Waals surface area contributed by atoms with E-state index in [1.165, 1.54) is 0 Å². The summed E-state index contributed by atoms with van der Waals surface area (Å²) >= 11 is 0. The van der Waals surface area contributed by atoms with E-state index < -0.39 is 71.6 Å². The number of rotatable bonds is 4. The van der Waals surface area contributed by atoms with Crippen LogP contribution in [0.2, 0.25) is 0 Å². The largest absolute Gasteiger partial charge is 0.511 e. The minimum Gasteiger partial charge on any atom is -0.511 e. The highest BCUT2D eigenvalue weighted by atomic mass is 16.3.